The highest BCUT2D eigenvalue weighted by atomic mass is 32.2. The number of hydrogen-bond donors (Lipinski definition) is 0. The molecule has 0 unspecified atom stereocenters. The predicted octanol–water partition coefficient (Wildman–Crippen LogP) is 3.61. The minimum atomic E-state index is -0.821. The van der Waals surface area contributed by atoms with E-state index >= 15 is 0 Å². The average molecular weight is 502 g/mol. The highest BCUT2D eigenvalue weighted by Crippen LogP contribution is 2.33. The summed E-state index contributed by atoms with van der Waals surface area (Å²) < 4.78 is 32.3. The number of nitrogens with zero attached hydrogens (tertiary/aromatic N) is 3. The van der Waals surface area contributed by atoms with Crippen LogP contribution in [0.5, 0.6) is 0 Å². The molecule has 0 saturated carbocycles. The van der Waals surface area contributed by atoms with Crippen LogP contribution in [0, 0.1) is 11.6 Å². The molecule has 2 aromatic rings. The average Bonchev–Trinajstić information content (AvgIpc) is 3.11. The van der Waals surface area contributed by atoms with E-state index in [0.717, 1.165) is 42.4 Å². The number of amides is 3. The lowest BCUT2D eigenvalue weighted by molar-refractivity contribution is -0.123. The second kappa shape index (κ2) is 11.1. The van der Waals surface area contributed by atoms with Crippen molar-refractivity contribution in [2.45, 2.75) is 6.54 Å². The normalized spacial score (nSPS) is 18.1. The Morgan fingerprint density at radius 1 is 1.09 bits per heavy atom. The van der Waals surface area contributed by atoms with Gasteiger partial charge in [0.1, 0.15) is 11.6 Å². The molecule has 0 N–H and O–H groups in total. The number of carbonyl (C=O) groups excluding carboxylic acids is 3. The summed E-state index contributed by atoms with van der Waals surface area (Å²) in [6.07, 6.45) is 1.55. The Morgan fingerprint density at radius 2 is 1.86 bits per heavy atom. The summed E-state index contributed by atoms with van der Waals surface area (Å²) in [6.45, 7) is 3.98. The second-order valence-electron chi connectivity index (χ2n) is 8.26. The number of ether oxygens (including phenoxy) is 1. The zero-order chi connectivity index (χ0) is 24.9. The maximum atomic E-state index is 14.0. The van der Waals surface area contributed by atoms with E-state index in [1.165, 1.54) is 6.07 Å². The van der Waals surface area contributed by atoms with E-state index in [1.807, 2.05) is 0 Å². The first-order valence-electron chi connectivity index (χ1n) is 11.2. The van der Waals surface area contributed by atoms with Gasteiger partial charge >= 0.3 is 0 Å². The smallest absolute Gasteiger partial charge is 0.293 e. The molecular weight excluding hydrogens is 476 g/mol. The summed E-state index contributed by atoms with van der Waals surface area (Å²) in [5.74, 6) is -2.21. The molecule has 2 saturated heterocycles. The molecule has 2 heterocycles. The molecule has 0 atom stereocenters. The van der Waals surface area contributed by atoms with Crippen molar-refractivity contribution in [1.29, 1.82) is 0 Å². The van der Waals surface area contributed by atoms with Crippen molar-refractivity contribution in [2.75, 3.05) is 46.4 Å². The van der Waals surface area contributed by atoms with E-state index < -0.39 is 22.8 Å². The highest BCUT2D eigenvalue weighted by molar-refractivity contribution is 8.18. The number of rotatable bonds is 7. The van der Waals surface area contributed by atoms with Gasteiger partial charge in [0.25, 0.3) is 17.1 Å². The summed E-state index contributed by atoms with van der Waals surface area (Å²) in [7, 11) is 1.67. The minimum Gasteiger partial charge on any atom is -0.383 e. The maximum Gasteiger partial charge on any atom is 0.293 e. The van der Waals surface area contributed by atoms with E-state index in [9.17, 15) is 23.2 Å². The third-order valence-corrected chi connectivity index (χ3v) is 6.83. The maximum absolute atomic E-state index is 14.0. The zero-order valence-electron chi connectivity index (χ0n) is 19.2. The second-order valence-corrected chi connectivity index (χ2v) is 9.25. The lowest BCUT2D eigenvalue weighted by atomic mass is 10.1. The van der Waals surface area contributed by atoms with Crippen molar-refractivity contribution >= 4 is 34.9 Å². The molecule has 10 heteroatoms. The Kier molecular flexibility index (Phi) is 7.94. The zero-order valence-corrected chi connectivity index (χ0v) is 20.0. The van der Waals surface area contributed by atoms with E-state index in [1.54, 1.807) is 42.4 Å². The van der Waals surface area contributed by atoms with Crippen LogP contribution in [0.1, 0.15) is 21.5 Å². The number of thioether (sulfide) groups is 1. The van der Waals surface area contributed by atoms with Gasteiger partial charge in [-0.1, -0.05) is 18.2 Å². The van der Waals surface area contributed by atoms with Gasteiger partial charge in [-0.2, -0.15) is 0 Å². The van der Waals surface area contributed by atoms with Crippen LogP contribution in [0.4, 0.5) is 13.6 Å². The van der Waals surface area contributed by atoms with E-state index in [2.05, 4.69) is 4.90 Å². The first-order chi connectivity index (χ1) is 16.9. The highest BCUT2D eigenvalue weighted by Gasteiger charge is 2.35. The van der Waals surface area contributed by atoms with Crippen LogP contribution >= 0.6 is 11.8 Å². The van der Waals surface area contributed by atoms with Crippen molar-refractivity contribution in [3.8, 4) is 0 Å². The van der Waals surface area contributed by atoms with Gasteiger partial charge in [0, 0.05) is 57.0 Å². The topological polar surface area (TPSA) is 70.2 Å². The van der Waals surface area contributed by atoms with Gasteiger partial charge in [-0.15, -0.1) is 0 Å². The monoisotopic (exact) mass is 501 g/mol. The first kappa shape index (κ1) is 25.0. The molecule has 0 radical (unpaired) electrons. The summed E-state index contributed by atoms with van der Waals surface area (Å²) in [5.41, 5.74) is 1.15. The predicted molar refractivity (Wildman–Crippen MR) is 129 cm³/mol. The number of carbonyl (C=O) groups is 3. The van der Waals surface area contributed by atoms with E-state index in [-0.39, 0.29) is 22.9 Å². The molecule has 184 valence electrons. The largest absolute Gasteiger partial charge is 0.383 e. The Bertz CT molecular complexity index is 1170. The molecule has 4 rings (SSSR count). The van der Waals surface area contributed by atoms with Crippen LogP contribution in [-0.2, 0) is 16.1 Å². The molecule has 2 aromatic carbocycles. The standard InChI is InChI=1S/C25H25F2N3O4S/c1-34-12-11-28-7-9-29(10-8-28)23(31)18-4-2-3-17(13-18)14-22-24(32)30(25(33)35-22)16-19-5-6-20(26)15-21(19)27/h2-6,13-15H,7-12,16H2,1H3. The Labute approximate surface area is 206 Å². The molecular formula is C25H25F2N3O4S. The fourth-order valence-electron chi connectivity index (χ4n) is 3.95. The number of imide groups is 1. The van der Waals surface area contributed by atoms with Crippen molar-refractivity contribution in [3.05, 3.63) is 75.7 Å². The van der Waals surface area contributed by atoms with Gasteiger partial charge in [0.05, 0.1) is 18.1 Å². The molecule has 0 aromatic heterocycles. The molecule has 3 amide bonds. The van der Waals surface area contributed by atoms with Gasteiger partial charge in [0.15, 0.2) is 0 Å². The third-order valence-electron chi connectivity index (χ3n) is 5.92. The third kappa shape index (κ3) is 5.95. The van der Waals surface area contributed by atoms with Crippen LogP contribution < -0.4 is 0 Å². The fourth-order valence-corrected chi connectivity index (χ4v) is 4.79. The lowest BCUT2D eigenvalue weighted by Crippen LogP contribution is -2.49. The van der Waals surface area contributed by atoms with Crippen LogP contribution in [0.2, 0.25) is 0 Å². The van der Waals surface area contributed by atoms with E-state index in [0.29, 0.717) is 36.9 Å². The first-order valence-corrected chi connectivity index (χ1v) is 12.0. The number of hydrogen-bond acceptors (Lipinski definition) is 6. The van der Waals surface area contributed by atoms with Crippen molar-refractivity contribution in [2.24, 2.45) is 0 Å². The number of benzene rings is 2. The Morgan fingerprint density at radius 3 is 2.57 bits per heavy atom. The van der Waals surface area contributed by atoms with Crippen molar-refractivity contribution in [3.63, 3.8) is 0 Å². The molecule has 2 aliphatic rings. The minimum absolute atomic E-state index is 0.0462. The number of piperazine rings is 1. The quantitative estimate of drug-likeness (QED) is 0.540. The number of halogens is 2. The van der Waals surface area contributed by atoms with Crippen LogP contribution in [0.15, 0.2) is 47.4 Å². The van der Waals surface area contributed by atoms with Crippen molar-refractivity contribution in [1.82, 2.24) is 14.7 Å². The summed E-state index contributed by atoms with van der Waals surface area (Å²) in [4.78, 5) is 43.4. The molecule has 2 fully saturated rings. The van der Waals surface area contributed by atoms with Crippen LogP contribution in [-0.4, -0.2) is 78.2 Å². The molecule has 0 bridgehead atoms. The fraction of sp³-hybridized carbons (Fsp3) is 0.320. The molecule has 35 heavy (non-hydrogen) atoms. The van der Waals surface area contributed by atoms with E-state index in [4.69, 9.17) is 4.74 Å². The lowest BCUT2D eigenvalue weighted by Gasteiger charge is -2.34. The van der Waals surface area contributed by atoms with Gasteiger partial charge in [-0.05, 0) is 41.6 Å². The van der Waals surface area contributed by atoms with Gasteiger partial charge < -0.3 is 9.64 Å². The molecule has 2 aliphatic heterocycles. The van der Waals surface area contributed by atoms with Gasteiger partial charge in [0.2, 0.25) is 0 Å². The van der Waals surface area contributed by atoms with Crippen LogP contribution in [0.25, 0.3) is 6.08 Å². The summed E-state index contributed by atoms with van der Waals surface area (Å²) in [5, 5.41) is -0.538. The van der Waals surface area contributed by atoms with Gasteiger partial charge in [-0.3, -0.25) is 24.2 Å². The molecule has 7 nitrogen and oxygen atoms in total. The van der Waals surface area contributed by atoms with Crippen LogP contribution in [0.3, 0.4) is 0 Å². The SMILES string of the molecule is COCCN1CCN(C(=O)c2cccc(C=C3SC(=O)N(Cc4ccc(F)cc4F)C3=O)c2)CC1. The van der Waals surface area contributed by atoms with Crippen molar-refractivity contribution < 1.29 is 27.9 Å². The Balaban J connectivity index is 1.43. The molecule has 0 aliphatic carbocycles. The summed E-state index contributed by atoms with van der Waals surface area (Å²) in [6, 6.07) is 9.89. The van der Waals surface area contributed by atoms with Gasteiger partial charge in [-0.25, -0.2) is 8.78 Å². The Hall–Kier alpha value is -3.08. The number of methoxy groups -OCH3 is 1. The molecule has 0 spiro atoms. The summed E-state index contributed by atoms with van der Waals surface area (Å²) >= 11 is 0.745.